The molecule has 110 valence electrons. The van der Waals surface area contributed by atoms with Gasteiger partial charge in [-0.3, -0.25) is 9.59 Å². The SMILES string of the molecule is CC(C)C(CNC(=O)c1ccc(N(C)C)nc1)C(=O)O. The van der Waals surface area contributed by atoms with Crippen molar-refractivity contribution in [3.05, 3.63) is 23.9 Å². The van der Waals surface area contributed by atoms with E-state index < -0.39 is 11.9 Å². The molecule has 0 radical (unpaired) electrons. The van der Waals surface area contributed by atoms with Crippen LogP contribution in [0.4, 0.5) is 5.82 Å². The number of carbonyl (C=O) groups is 2. The summed E-state index contributed by atoms with van der Waals surface area (Å²) in [4.78, 5) is 28.9. The van der Waals surface area contributed by atoms with Crippen LogP contribution in [0.1, 0.15) is 24.2 Å². The zero-order valence-corrected chi connectivity index (χ0v) is 12.3. The third-order valence-corrected chi connectivity index (χ3v) is 3.07. The average molecular weight is 279 g/mol. The number of rotatable bonds is 6. The fourth-order valence-electron chi connectivity index (χ4n) is 1.70. The predicted molar refractivity (Wildman–Crippen MR) is 76.9 cm³/mol. The van der Waals surface area contributed by atoms with Gasteiger partial charge in [-0.05, 0) is 18.1 Å². The summed E-state index contributed by atoms with van der Waals surface area (Å²) in [6, 6.07) is 3.41. The quantitative estimate of drug-likeness (QED) is 0.818. The van der Waals surface area contributed by atoms with Crippen LogP contribution in [0.5, 0.6) is 0 Å². The zero-order valence-electron chi connectivity index (χ0n) is 12.3. The molecule has 2 N–H and O–H groups in total. The fraction of sp³-hybridized carbons (Fsp3) is 0.500. The van der Waals surface area contributed by atoms with Gasteiger partial charge in [0.15, 0.2) is 0 Å². The maximum atomic E-state index is 11.9. The van der Waals surface area contributed by atoms with Gasteiger partial charge in [0.1, 0.15) is 5.82 Å². The van der Waals surface area contributed by atoms with Gasteiger partial charge >= 0.3 is 5.97 Å². The molecule has 1 aromatic heterocycles. The van der Waals surface area contributed by atoms with Crippen LogP contribution in [0.3, 0.4) is 0 Å². The van der Waals surface area contributed by atoms with Crippen LogP contribution in [-0.2, 0) is 4.79 Å². The van der Waals surface area contributed by atoms with Crippen LogP contribution < -0.4 is 10.2 Å². The fourth-order valence-corrected chi connectivity index (χ4v) is 1.70. The summed E-state index contributed by atoms with van der Waals surface area (Å²) >= 11 is 0. The minimum absolute atomic E-state index is 0.0398. The van der Waals surface area contributed by atoms with Gasteiger partial charge in [0, 0.05) is 26.8 Å². The highest BCUT2D eigenvalue weighted by Gasteiger charge is 2.22. The van der Waals surface area contributed by atoms with Gasteiger partial charge in [0.25, 0.3) is 5.91 Å². The monoisotopic (exact) mass is 279 g/mol. The Morgan fingerprint density at radius 3 is 2.40 bits per heavy atom. The normalized spacial score (nSPS) is 12.1. The van der Waals surface area contributed by atoms with E-state index in [9.17, 15) is 9.59 Å². The molecule has 0 spiro atoms. The van der Waals surface area contributed by atoms with Crippen molar-refractivity contribution in [2.24, 2.45) is 11.8 Å². The molecular formula is C14H21N3O3. The van der Waals surface area contributed by atoms with Gasteiger partial charge in [-0.2, -0.15) is 0 Å². The smallest absolute Gasteiger partial charge is 0.308 e. The molecule has 1 heterocycles. The second-order valence-electron chi connectivity index (χ2n) is 5.20. The zero-order chi connectivity index (χ0) is 15.3. The lowest BCUT2D eigenvalue weighted by Gasteiger charge is -2.17. The number of carbonyl (C=O) groups excluding carboxylic acids is 1. The van der Waals surface area contributed by atoms with E-state index in [0.717, 1.165) is 5.82 Å². The lowest BCUT2D eigenvalue weighted by molar-refractivity contribution is -0.142. The van der Waals surface area contributed by atoms with Crippen molar-refractivity contribution < 1.29 is 14.7 Å². The first kappa shape index (κ1) is 15.9. The minimum Gasteiger partial charge on any atom is -0.481 e. The third kappa shape index (κ3) is 4.22. The summed E-state index contributed by atoms with van der Waals surface area (Å²) in [5.41, 5.74) is 0.420. The number of hydrogen-bond acceptors (Lipinski definition) is 4. The lowest BCUT2D eigenvalue weighted by Crippen LogP contribution is -2.35. The molecule has 0 aromatic carbocycles. The molecule has 0 aliphatic rings. The number of pyridine rings is 1. The van der Waals surface area contributed by atoms with Crippen molar-refractivity contribution in [2.45, 2.75) is 13.8 Å². The first-order valence-electron chi connectivity index (χ1n) is 6.47. The first-order valence-corrected chi connectivity index (χ1v) is 6.47. The molecule has 1 amide bonds. The van der Waals surface area contributed by atoms with E-state index >= 15 is 0 Å². The summed E-state index contributed by atoms with van der Waals surface area (Å²) in [5, 5.41) is 11.7. The second-order valence-corrected chi connectivity index (χ2v) is 5.20. The highest BCUT2D eigenvalue weighted by molar-refractivity contribution is 5.94. The minimum atomic E-state index is -0.901. The molecule has 1 rings (SSSR count). The Morgan fingerprint density at radius 1 is 1.35 bits per heavy atom. The van der Waals surface area contributed by atoms with Crippen molar-refractivity contribution in [2.75, 3.05) is 25.5 Å². The molecule has 0 bridgehead atoms. The molecule has 1 atom stereocenters. The number of nitrogens with one attached hydrogen (secondary N) is 1. The predicted octanol–water partition coefficient (Wildman–Crippen LogP) is 1.23. The van der Waals surface area contributed by atoms with Crippen LogP contribution in [0.2, 0.25) is 0 Å². The van der Waals surface area contributed by atoms with Crippen LogP contribution in [0, 0.1) is 11.8 Å². The number of carboxylic acids is 1. The Morgan fingerprint density at radius 2 is 2.00 bits per heavy atom. The molecule has 0 aliphatic carbocycles. The Hall–Kier alpha value is -2.11. The number of aromatic nitrogens is 1. The third-order valence-electron chi connectivity index (χ3n) is 3.07. The Balaban J connectivity index is 2.64. The molecule has 6 nitrogen and oxygen atoms in total. The van der Waals surface area contributed by atoms with Gasteiger partial charge in [-0.15, -0.1) is 0 Å². The van der Waals surface area contributed by atoms with Crippen molar-refractivity contribution in [3.63, 3.8) is 0 Å². The molecule has 0 aliphatic heterocycles. The number of amides is 1. The number of carboxylic acid groups (broad SMARTS) is 1. The van der Waals surface area contributed by atoms with Gasteiger partial charge in [-0.25, -0.2) is 4.98 Å². The molecule has 0 saturated heterocycles. The molecule has 1 aromatic rings. The van der Waals surface area contributed by atoms with Crippen LogP contribution in [-0.4, -0.2) is 42.6 Å². The number of aliphatic carboxylic acids is 1. The van der Waals surface area contributed by atoms with Crippen molar-refractivity contribution in [1.29, 1.82) is 0 Å². The summed E-state index contributed by atoms with van der Waals surface area (Å²) in [6.07, 6.45) is 1.48. The number of nitrogens with zero attached hydrogens (tertiary/aromatic N) is 2. The summed E-state index contributed by atoms with van der Waals surface area (Å²) in [5.74, 6) is -1.08. The van der Waals surface area contributed by atoms with Crippen molar-refractivity contribution in [1.82, 2.24) is 10.3 Å². The van der Waals surface area contributed by atoms with E-state index in [1.165, 1.54) is 6.20 Å². The van der Waals surface area contributed by atoms with E-state index in [2.05, 4.69) is 10.3 Å². The summed E-state index contributed by atoms with van der Waals surface area (Å²) in [6.45, 7) is 3.75. The largest absolute Gasteiger partial charge is 0.481 e. The van der Waals surface area contributed by atoms with Crippen molar-refractivity contribution in [3.8, 4) is 0 Å². The van der Waals surface area contributed by atoms with E-state index in [1.807, 2.05) is 32.8 Å². The lowest BCUT2D eigenvalue weighted by atomic mass is 9.96. The average Bonchev–Trinajstić information content (AvgIpc) is 2.38. The number of anilines is 1. The van der Waals surface area contributed by atoms with Crippen LogP contribution in [0.25, 0.3) is 0 Å². The van der Waals surface area contributed by atoms with Gasteiger partial charge in [-0.1, -0.05) is 13.8 Å². The Kier molecular flexibility index (Phi) is 5.49. The summed E-state index contributed by atoms with van der Waals surface area (Å²) < 4.78 is 0. The topological polar surface area (TPSA) is 82.5 Å². The standard InChI is InChI=1S/C14H21N3O3/c1-9(2)11(14(19)20)8-16-13(18)10-5-6-12(15-7-10)17(3)4/h5-7,9,11H,8H2,1-4H3,(H,16,18)(H,19,20). The highest BCUT2D eigenvalue weighted by Crippen LogP contribution is 2.11. The van der Waals surface area contributed by atoms with Gasteiger partial charge < -0.3 is 15.3 Å². The summed E-state index contributed by atoms with van der Waals surface area (Å²) in [7, 11) is 3.73. The maximum Gasteiger partial charge on any atom is 0.308 e. The van der Waals surface area contributed by atoms with E-state index in [1.54, 1.807) is 12.1 Å². The molecule has 0 fully saturated rings. The van der Waals surface area contributed by atoms with Crippen LogP contribution >= 0.6 is 0 Å². The molecule has 0 saturated carbocycles. The molecule has 1 unspecified atom stereocenters. The van der Waals surface area contributed by atoms with Gasteiger partial charge in [0.2, 0.25) is 0 Å². The van der Waals surface area contributed by atoms with Crippen molar-refractivity contribution >= 4 is 17.7 Å². The highest BCUT2D eigenvalue weighted by atomic mass is 16.4. The maximum absolute atomic E-state index is 11.9. The molecular weight excluding hydrogens is 258 g/mol. The van der Waals surface area contributed by atoms with Gasteiger partial charge in [0.05, 0.1) is 11.5 Å². The molecule has 20 heavy (non-hydrogen) atoms. The Bertz CT molecular complexity index is 469. The first-order chi connectivity index (χ1) is 9.32. The van der Waals surface area contributed by atoms with E-state index in [-0.39, 0.29) is 18.4 Å². The number of hydrogen-bond donors (Lipinski definition) is 2. The second kappa shape index (κ2) is 6.88. The van der Waals surface area contributed by atoms with E-state index in [4.69, 9.17) is 5.11 Å². The Labute approximate surface area is 118 Å². The van der Waals surface area contributed by atoms with E-state index in [0.29, 0.717) is 5.56 Å². The molecule has 6 heteroatoms. The van der Waals surface area contributed by atoms with Crippen LogP contribution in [0.15, 0.2) is 18.3 Å².